The molecule has 0 aliphatic carbocycles. The number of halogens is 1. The van der Waals surface area contributed by atoms with Crippen molar-refractivity contribution < 1.29 is 19.1 Å². The summed E-state index contributed by atoms with van der Waals surface area (Å²) < 4.78 is 5.64. The Bertz CT molecular complexity index is 464. The van der Waals surface area contributed by atoms with Gasteiger partial charge in [-0.05, 0) is 53.8 Å². The van der Waals surface area contributed by atoms with E-state index in [-0.39, 0.29) is 12.2 Å². The van der Waals surface area contributed by atoms with Crippen LogP contribution in [0.25, 0.3) is 0 Å². The molecule has 0 aliphatic rings. The van der Waals surface area contributed by atoms with E-state index in [1.54, 1.807) is 31.2 Å². The molecule has 0 fully saturated rings. The minimum absolute atomic E-state index is 0.240. The van der Waals surface area contributed by atoms with Gasteiger partial charge in [0.15, 0.2) is 0 Å². The lowest BCUT2D eigenvalue weighted by Crippen LogP contribution is -2.25. The van der Waals surface area contributed by atoms with Crippen molar-refractivity contribution in [3.8, 4) is 0 Å². The minimum atomic E-state index is -0.900. The van der Waals surface area contributed by atoms with Crippen LogP contribution in [0.2, 0.25) is 0 Å². The monoisotopic (exact) mass is 360 g/mol. The van der Waals surface area contributed by atoms with Crippen LogP contribution in [0.5, 0.6) is 0 Å². The van der Waals surface area contributed by atoms with Crippen LogP contribution >= 0.6 is 22.6 Å². The summed E-state index contributed by atoms with van der Waals surface area (Å²) >= 11 is 2.11. The smallest absolute Gasteiger partial charge is 0.345 e. The number of esters is 2. The van der Waals surface area contributed by atoms with Gasteiger partial charge in [0.2, 0.25) is 0 Å². The van der Waals surface area contributed by atoms with E-state index in [1.165, 1.54) is 6.92 Å². The Hall–Kier alpha value is -1.24. The summed E-state index contributed by atoms with van der Waals surface area (Å²) in [6, 6.07) is 6.62. The fourth-order valence-electron chi connectivity index (χ4n) is 1.26. The lowest BCUT2D eigenvalue weighted by molar-refractivity contribution is -0.146. The van der Waals surface area contributed by atoms with Gasteiger partial charge < -0.3 is 4.74 Å². The van der Waals surface area contributed by atoms with E-state index in [4.69, 9.17) is 0 Å². The summed E-state index contributed by atoms with van der Waals surface area (Å²) in [4.78, 5) is 34.5. The van der Waals surface area contributed by atoms with Gasteiger partial charge in [0, 0.05) is 9.99 Å². The number of hydrogen-bond donors (Lipinski definition) is 0. The first-order valence-corrected chi connectivity index (χ1v) is 6.58. The molecule has 18 heavy (non-hydrogen) atoms. The second-order valence-corrected chi connectivity index (χ2v) is 5.00. The third-order valence-electron chi connectivity index (χ3n) is 2.46. The predicted octanol–water partition coefficient (Wildman–Crippen LogP) is 2.59. The van der Waals surface area contributed by atoms with E-state index >= 15 is 0 Å². The fraction of sp³-hybridized carbons (Fsp3) is 0.308. The summed E-state index contributed by atoms with van der Waals surface area (Å²) in [5.74, 6) is -2.67. The number of rotatable bonds is 4. The van der Waals surface area contributed by atoms with Crippen LogP contribution in [-0.2, 0) is 14.3 Å². The summed E-state index contributed by atoms with van der Waals surface area (Å²) in [5, 5.41) is 0. The molecule has 1 rings (SSSR count). The molecular weight excluding hydrogens is 347 g/mol. The molecule has 1 atom stereocenters. The third-order valence-corrected chi connectivity index (χ3v) is 3.18. The number of carbonyl (C=O) groups excluding carboxylic acids is 3. The zero-order chi connectivity index (χ0) is 13.7. The van der Waals surface area contributed by atoms with Gasteiger partial charge in [-0.15, -0.1) is 0 Å². The molecule has 4 nitrogen and oxygen atoms in total. The van der Waals surface area contributed by atoms with Crippen molar-refractivity contribution in [2.45, 2.75) is 20.3 Å². The van der Waals surface area contributed by atoms with Gasteiger partial charge in [-0.1, -0.05) is 6.92 Å². The molecule has 1 aromatic rings. The van der Waals surface area contributed by atoms with E-state index in [2.05, 4.69) is 27.3 Å². The zero-order valence-corrected chi connectivity index (χ0v) is 12.3. The second kappa shape index (κ2) is 6.63. The van der Waals surface area contributed by atoms with Crippen LogP contribution < -0.4 is 0 Å². The maximum atomic E-state index is 11.6. The molecule has 0 N–H and O–H groups in total. The summed E-state index contributed by atoms with van der Waals surface area (Å²) in [7, 11) is 0. The van der Waals surface area contributed by atoms with Crippen molar-refractivity contribution in [2.24, 2.45) is 5.92 Å². The number of hydrogen-bond acceptors (Lipinski definition) is 4. The van der Waals surface area contributed by atoms with Crippen LogP contribution in [0.3, 0.4) is 0 Å². The largest absolute Gasteiger partial charge is 0.389 e. The number of ketones is 1. The third kappa shape index (κ3) is 3.90. The highest BCUT2D eigenvalue weighted by Gasteiger charge is 2.24. The molecule has 5 heteroatoms. The lowest BCUT2D eigenvalue weighted by Gasteiger charge is -2.08. The van der Waals surface area contributed by atoms with Crippen molar-refractivity contribution in [1.82, 2.24) is 0 Å². The fourth-order valence-corrected chi connectivity index (χ4v) is 1.62. The lowest BCUT2D eigenvalue weighted by atomic mass is 10.1. The van der Waals surface area contributed by atoms with Crippen molar-refractivity contribution in [1.29, 1.82) is 0 Å². The van der Waals surface area contributed by atoms with Crippen LogP contribution in [0, 0.1) is 9.49 Å². The van der Waals surface area contributed by atoms with Gasteiger partial charge in [-0.3, -0.25) is 9.59 Å². The van der Waals surface area contributed by atoms with Crippen LogP contribution in [0.1, 0.15) is 30.6 Å². The van der Waals surface area contributed by atoms with E-state index in [9.17, 15) is 14.4 Å². The molecule has 1 unspecified atom stereocenters. The molecule has 0 radical (unpaired) electrons. The Morgan fingerprint density at radius 2 is 1.78 bits per heavy atom. The van der Waals surface area contributed by atoms with E-state index in [1.807, 2.05) is 0 Å². The number of Topliss-reactive ketones (excluding diaryl/α,β-unsaturated/α-hetero) is 1. The van der Waals surface area contributed by atoms with Crippen molar-refractivity contribution >= 4 is 40.3 Å². The Morgan fingerprint density at radius 3 is 2.28 bits per heavy atom. The molecule has 1 aromatic carbocycles. The van der Waals surface area contributed by atoms with Crippen LogP contribution in [0.15, 0.2) is 24.3 Å². The molecule has 0 spiro atoms. The highest BCUT2D eigenvalue weighted by molar-refractivity contribution is 14.1. The molecular formula is C13H13IO4. The SMILES string of the molecule is CCC(=O)C(C)C(=O)OC(=O)c1ccc(I)cc1. The molecule has 0 amide bonds. The van der Waals surface area contributed by atoms with Gasteiger partial charge in [-0.2, -0.15) is 0 Å². The summed E-state index contributed by atoms with van der Waals surface area (Å²) in [6.45, 7) is 3.10. The minimum Gasteiger partial charge on any atom is -0.389 e. The van der Waals surface area contributed by atoms with Crippen LogP contribution in [0.4, 0.5) is 0 Å². The maximum Gasteiger partial charge on any atom is 0.345 e. The quantitative estimate of drug-likeness (QED) is 0.471. The molecule has 0 aromatic heterocycles. The van der Waals surface area contributed by atoms with Gasteiger partial charge in [0.1, 0.15) is 11.7 Å². The van der Waals surface area contributed by atoms with Crippen LogP contribution in [-0.4, -0.2) is 17.7 Å². The Balaban J connectivity index is 2.68. The van der Waals surface area contributed by atoms with Gasteiger partial charge >= 0.3 is 11.9 Å². The van der Waals surface area contributed by atoms with Gasteiger partial charge in [0.05, 0.1) is 5.56 Å². The Labute approximate surface area is 119 Å². The van der Waals surface area contributed by atoms with E-state index < -0.39 is 17.9 Å². The number of benzene rings is 1. The first-order chi connectivity index (χ1) is 8.45. The molecule has 96 valence electrons. The second-order valence-electron chi connectivity index (χ2n) is 3.76. The van der Waals surface area contributed by atoms with E-state index in [0.717, 1.165) is 3.57 Å². The highest BCUT2D eigenvalue weighted by atomic mass is 127. The maximum absolute atomic E-state index is 11.6. The Morgan fingerprint density at radius 1 is 1.22 bits per heavy atom. The Kier molecular flexibility index (Phi) is 5.46. The molecule has 0 aliphatic heterocycles. The first kappa shape index (κ1) is 14.8. The number of carbonyl (C=O) groups is 3. The van der Waals surface area contributed by atoms with Crippen molar-refractivity contribution in [3.63, 3.8) is 0 Å². The topological polar surface area (TPSA) is 60.4 Å². The standard InChI is InChI=1S/C13H13IO4/c1-3-11(15)8(2)12(16)18-13(17)9-4-6-10(14)7-5-9/h4-8H,3H2,1-2H3. The molecule has 0 bridgehead atoms. The van der Waals surface area contributed by atoms with Gasteiger partial charge in [-0.25, -0.2) is 4.79 Å². The summed E-state index contributed by atoms with van der Waals surface area (Å²) in [6.07, 6.45) is 0.244. The van der Waals surface area contributed by atoms with Gasteiger partial charge in [0.25, 0.3) is 0 Å². The predicted molar refractivity (Wildman–Crippen MR) is 74.0 cm³/mol. The van der Waals surface area contributed by atoms with Crippen molar-refractivity contribution in [3.05, 3.63) is 33.4 Å². The highest BCUT2D eigenvalue weighted by Crippen LogP contribution is 2.10. The average Bonchev–Trinajstić information content (AvgIpc) is 2.37. The zero-order valence-electron chi connectivity index (χ0n) is 10.1. The number of ether oxygens (including phenoxy) is 1. The molecule has 0 saturated carbocycles. The summed E-state index contributed by atoms with van der Waals surface area (Å²) in [5.41, 5.74) is 0.292. The van der Waals surface area contributed by atoms with E-state index in [0.29, 0.717) is 5.56 Å². The average molecular weight is 360 g/mol. The normalized spacial score (nSPS) is 11.7. The van der Waals surface area contributed by atoms with Crippen molar-refractivity contribution in [2.75, 3.05) is 0 Å². The molecule has 0 saturated heterocycles. The first-order valence-electron chi connectivity index (χ1n) is 5.50. The molecule has 0 heterocycles.